The summed E-state index contributed by atoms with van der Waals surface area (Å²) in [4.78, 5) is 0. The number of rotatable bonds is 3. The molecule has 0 heterocycles. The van der Waals surface area contributed by atoms with Crippen molar-refractivity contribution in [2.45, 2.75) is 19.9 Å². The monoisotopic (exact) mass is 199 g/mol. The first-order valence-corrected chi connectivity index (χ1v) is 5.14. The number of hydrogen-bond donors (Lipinski definition) is 2. The van der Waals surface area contributed by atoms with Crippen molar-refractivity contribution in [2.24, 2.45) is 0 Å². The Morgan fingerprint density at radius 3 is 2.38 bits per heavy atom. The van der Waals surface area contributed by atoms with Crippen molar-refractivity contribution in [1.29, 1.82) is 0 Å². The Hall–Kier alpha value is -0.710. The van der Waals surface area contributed by atoms with Gasteiger partial charge in [-0.05, 0) is 19.4 Å². The Morgan fingerprint density at radius 2 is 1.92 bits per heavy atom. The van der Waals surface area contributed by atoms with Crippen LogP contribution in [0.3, 0.4) is 0 Å². The van der Waals surface area contributed by atoms with Crippen molar-refractivity contribution in [2.75, 3.05) is 0 Å². The number of nitrogens with one attached hydrogen (secondary N) is 1. The first-order chi connectivity index (χ1) is 6.09. The summed E-state index contributed by atoms with van der Waals surface area (Å²) < 4.78 is 21.6. The summed E-state index contributed by atoms with van der Waals surface area (Å²) in [5.74, 6) is 0. The van der Waals surface area contributed by atoms with E-state index < -0.39 is 11.3 Å². The van der Waals surface area contributed by atoms with Gasteiger partial charge in [0.15, 0.2) is 0 Å². The smallest absolute Gasteiger partial charge is 0.232 e. The molecule has 0 aliphatic carbocycles. The second-order valence-corrected chi connectivity index (χ2v) is 3.73. The fraction of sp³-hybridized carbons (Fsp3) is 0.333. The molecule has 2 atom stereocenters. The summed E-state index contributed by atoms with van der Waals surface area (Å²) in [6.07, 6.45) is 0. The molecular weight excluding hydrogens is 186 g/mol. The highest BCUT2D eigenvalue weighted by Gasteiger charge is 2.05. The van der Waals surface area contributed by atoms with Crippen LogP contribution in [-0.4, -0.2) is 8.76 Å². The Bertz CT molecular complexity index is 297. The third kappa shape index (κ3) is 3.26. The molecule has 1 aromatic carbocycles. The van der Waals surface area contributed by atoms with Crippen LogP contribution in [0.15, 0.2) is 24.3 Å². The van der Waals surface area contributed by atoms with E-state index in [4.69, 9.17) is 4.55 Å². The molecule has 0 fully saturated rings. The van der Waals surface area contributed by atoms with Crippen molar-refractivity contribution in [3.8, 4) is 0 Å². The lowest BCUT2D eigenvalue weighted by atomic mass is 10.1. The highest BCUT2D eigenvalue weighted by molar-refractivity contribution is 7.77. The molecule has 0 aliphatic rings. The maximum atomic E-state index is 10.4. The average Bonchev–Trinajstić information content (AvgIpc) is 2.04. The quantitative estimate of drug-likeness (QED) is 0.729. The highest BCUT2D eigenvalue weighted by Crippen LogP contribution is 2.12. The fourth-order valence-corrected chi connectivity index (χ4v) is 1.51. The molecule has 4 heteroatoms. The molecule has 72 valence electrons. The molecule has 3 nitrogen and oxygen atoms in total. The Morgan fingerprint density at radius 1 is 1.38 bits per heavy atom. The van der Waals surface area contributed by atoms with E-state index in [1.54, 1.807) is 0 Å². The van der Waals surface area contributed by atoms with Crippen LogP contribution < -0.4 is 4.72 Å². The van der Waals surface area contributed by atoms with Crippen molar-refractivity contribution in [3.05, 3.63) is 35.4 Å². The lowest BCUT2D eigenvalue weighted by molar-refractivity contribution is 0.536. The minimum atomic E-state index is -1.95. The zero-order valence-electron chi connectivity index (χ0n) is 7.65. The topological polar surface area (TPSA) is 49.3 Å². The van der Waals surface area contributed by atoms with Gasteiger partial charge in [0.2, 0.25) is 11.3 Å². The predicted molar refractivity (Wildman–Crippen MR) is 53.5 cm³/mol. The van der Waals surface area contributed by atoms with Gasteiger partial charge in [-0.25, -0.2) is 8.93 Å². The van der Waals surface area contributed by atoms with E-state index in [9.17, 15) is 4.21 Å². The predicted octanol–water partition coefficient (Wildman–Crippen LogP) is 1.78. The largest absolute Gasteiger partial charge is 0.294 e. The van der Waals surface area contributed by atoms with Crippen molar-refractivity contribution >= 4 is 11.3 Å². The summed E-state index contributed by atoms with van der Waals surface area (Å²) in [5.41, 5.74) is 2.19. The van der Waals surface area contributed by atoms with Crippen LogP contribution >= 0.6 is 0 Å². The molecule has 0 saturated carbocycles. The zero-order valence-corrected chi connectivity index (χ0v) is 8.47. The van der Waals surface area contributed by atoms with Crippen LogP contribution in [0.5, 0.6) is 0 Å². The minimum Gasteiger partial charge on any atom is -0.294 e. The minimum absolute atomic E-state index is 0.105. The number of aryl methyl sites for hydroxylation is 1. The van der Waals surface area contributed by atoms with Gasteiger partial charge in [-0.2, -0.15) is 0 Å². The third-order valence-corrected chi connectivity index (χ3v) is 2.41. The Balaban J connectivity index is 2.71. The van der Waals surface area contributed by atoms with Crippen LogP contribution in [0, 0.1) is 6.92 Å². The molecular formula is C9H13NO2S. The summed E-state index contributed by atoms with van der Waals surface area (Å²) in [7, 11) is 0. The normalized spacial score (nSPS) is 15.3. The zero-order chi connectivity index (χ0) is 9.84. The lowest BCUT2D eigenvalue weighted by Crippen LogP contribution is -2.20. The second-order valence-electron chi connectivity index (χ2n) is 3.00. The van der Waals surface area contributed by atoms with Gasteiger partial charge in [0, 0.05) is 6.04 Å². The van der Waals surface area contributed by atoms with E-state index in [1.807, 2.05) is 38.1 Å². The number of benzene rings is 1. The van der Waals surface area contributed by atoms with Crippen LogP contribution in [0.4, 0.5) is 0 Å². The van der Waals surface area contributed by atoms with E-state index in [-0.39, 0.29) is 6.04 Å². The van der Waals surface area contributed by atoms with Crippen LogP contribution in [-0.2, 0) is 11.3 Å². The molecule has 0 saturated heterocycles. The molecule has 0 aliphatic heterocycles. The number of hydrogen-bond acceptors (Lipinski definition) is 1. The van der Waals surface area contributed by atoms with Crippen molar-refractivity contribution in [3.63, 3.8) is 0 Å². The Kier molecular flexibility index (Phi) is 3.59. The lowest BCUT2D eigenvalue weighted by Gasteiger charge is -2.10. The van der Waals surface area contributed by atoms with Crippen LogP contribution in [0.2, 0.25) is 0 Å². The molecule has 2 N–H and O–H groups in total. The maximum Gasteiger partial charge on any atom is 0.232 e. The van der Waals surface area contributed by atoms with Crippen LogP contribution in [0.25, 0.3) is 0 Å². The Labute approximate surface area is 80.6 Å². The molecule has 2 unspecified atom stereocenters. The molecule has 1 rings (SSSR count). The van der Waals surface area contributed by atoms with E-state index in [2.05, 4.69) is 4.72 Å². The van der Waals surface area contributed by atoms with Gasteiger partial charge in [0.05, 0.1) is 0 Å². The van der Waals surface area contributed by atoms with E-state index >= 15 is 0 Å². The van der Waals surface area contributed by atoms with Gasteiger partial charge < -0.3 is 0 Å². The molecule has 0 radical (unpaired) electrons. The van der Waals surface area contributed by atoms with E-state index in [1.165, 1.54) is 5.56 Å². The van der Waals surface area contributed by atoms with Gasteiger partial charge in [-0.15, -0.1) is 0 Å². The van der Waals surface area contributed by atoms with E-state index in [0.29, 0.717) is 0 Å². The van der Waals surface area contributed by atoms with Gasteiger partial charge in [-0.1, -0.05) is 29.8 Å². The summed E-state index contributed by atoms with van der Waals surface area (Å²) in [5, 5.41) is 0. The maximum absolute atomic E-state index is 10.4. The second kappa shape index (κ2) is 4.50. The highest BCUT2D eigenvalue weighted by atomic mass is 32.2. The van der Waals surface area contributed by atoms with Gasteiger partial charge in [-0.3, -0.25) is 4.55 Å². The van der Waals surface area contributed by atoms with Gasteiger partial charge in [0.1, 0.15) is 0 Å². The first-order valence-electron chi connectivity index (χ1n) is 4.03. The molecule has 1 aromatic rings. The molecule has 0 amide bonds. The first kappa shape index (κ1) is 10.4. The third-order valence-electron chi connectivity index (χ3n) is 1.85. The van der Waals surface area contributed by atoms with Crippen LogP contribution in [0.1, 0.15) is 24.1 Å². The fourth-order valence-electron chi connectivity index (χ4n) is 1.07. The molecule has 0 bridgehead atoms. The summed E-state index contributed by atoms with van der Waals surface area (Å²) >= 11 is -1.95. The summed E-state index contributed by atoms with van der Waals surface area (Å²) in [6.45, 7) is 3.85. The van der Waals surface area contributed by atoms with Gasteiger partial charge in [0.25, 0.3) is 0 Å². The standard InChI is InChI=1S/C9H13NO2S/c1-7-3-5-9(6-4-7)8(2)10-13(11)12/h3-6,8,10H,1-2H3,(H,11,12). The van der Waals surface area contributed by atoms with Crippen molar-refractivity contribution < 1.29 is 8.76 Å². The van der Waals surface area contributed by atoms with Crippen molar-refractivity contribution in [1.82, 2.24) is 4.72 Å². The molecule has 0 aromatic heterocycles. The summed E-state index contributed by atoms with van der Waals surface area (Å²) in [6, 6.07) is 7.74. The average molecular weight is 199 g/mol. The van der Waals surface area contributed by atoms with E-state index in [0.717, 1.165) is 5.56 Å². The van der Waals surface area contributed by atoms with Gasteiger partial charge >= 0.3 is 0 Å². The molecule has 13 heavy (non-hydrogen) atoms. The SMILES string of the molecule is Cc1ccc(C(C)NS(=O)O)cc1. The molecule has 0 spiro atoms.